The van der Waals surface area contributed by atoms with E-state index in [4.69, 9.17) is 17.8 Å². The number of nitrogens with zero attached hydrogens (tertiary/aromatic N) is 2. The maximum absolute atomic E-state index is 9.15. The summed E-state index contributed by atoms with van der Waals surface area (Å²) in [6.07, 6.45) is 0. The fourth-order valence-corrected chi connectivity index (χ4v) is 4.96. The van der Waals surface area contributed by atoms with Crippen LogP contribution in [0.4, 0.5) is 5.69 Å². The lowest BCUT2D eigenvalue weighted by atomic mass is 9.93. The molecule has 34 heavy (non-hydrogen) atoms. The van der Waals surface area contributed by atoms with Gasteiger partial charge in [0, 0.05) is 34.8 Å². The summed E-state index contributed by atoms with van der Waals surface area (Å²) in [5.74, 6) is -1.88. The first-order valence-corrected chi connectivity index (χ1v) is 11.2. The van der Waals surface area contributed by atoms with Crippen LogP contribution in [-0.4, -0.2) is 0 Å². The largest absolute Gasteiger partial charge is 0.466 e. The van der Waals surface area contributed by atoms with Crippen LogP contribution in [-0.2, 0) is 7.05 Å². The van der Waals surface area contributed by atoms with Crippen molar-refractivity contribution in [1.29, 1.82) is 0 Å². The normalized spacial score (nSPS) is 15.7. The summed E-state index contributed by atoms with van der Waals surface area (Å²) in [4.78, 5) is 3.86. The third-order valence-electron chi connectivity index (χ3n) is 6.68. The minimum atomic E-state index is -2.56. The maximum atomic E-state index is 9.15. The van der Waals surface area contributed by atoms with E-state index in [1.165, 1.54) is 6.92 Å². The van der Waals surface area contributed by atoms with E-state index in [2.05, 4.69) is 4.85 Å². The molecule has 0 radical (unpaired) electrons. The molecule has 0 aliphatic carbocycles. The quantitative estimate of drug-likeness (QED) is 0.200. The highest BCUT2D eigenvalue weighted by Crippen LogP contribution is 2.44. The highest BCUT2D eigenvalue weighted by Gasteiger charge is 2.26. The first-order chi connectivity index (χ1) is 18.3. The van der Waals surface area contributed by atoms with Crippen molar-refractivity contribution in [3.05, 3.63) is 94.4 Å². The Balaban J connectivity index is 1.86. The fraction of sp³-hybridized carbons (Fsp3) is 0.226. The summed E-state index contributed by atoms with van der Waals surface area (Å²) in [6.45, 7) is 12.2. The Morgan fingerprint density at radius 1 is 1.00 bits per heavy atom. The van der Waals surface area contributed by atoms with Crippen molar-refractivity contribution < 1.29 is 15.8 Å². The molecule has 5 aromatic rings. The lowest BCUT2D eigenvalue weighted by Gasteiger charge is -2.15. The van der Waals surface area contributed by atoms with Crippen molar-refractivity contribution in [2.75, 3.05) is 0 Å². The van der Waals surface area contributed by atoms with Gasteiger partial charge in [-0.1, -0.05) is 68.4 Å². The van der Waals surface area contributed by atoms with E-state index in [-0.39, 0.29) is 6.04 Å². The number of hydrogen-bond acceptors (Lipinski definition) is 1. The predicted molar refractivity (Wildman–Crippen MR) is 140 cm³/mol. The van der Waals surface area contributed by atoms with E-state index in [1.54, 1.807) is 25.5 Å². The van der Waals surface area contributed by atoms with Gasteiger partial charge in [-0.15, -0.1) is 0 Å². The van der Waals surface area contributed by atoms with Crippen molar-refractivity contribution in [1.82, 2.24) is 0 Å². The molecule has 2 heterocycles. The van der Waals surface area contributed by atoms with Crippen molar-refractivity contribution in [3.8, 4) is 22.4 Å². The number of pyridine rings is 1. The molecule has 0 saturated heterocycles. The van der Waals surface area contributed by atoms with Crippen molar-refractivity contribution in [2.24, 2.45) is 7.05 Å². The zero-order valence-electron chi connectivity index (χ0n) is 25.0. The minimum absolute atomic E-state index is 0.146. The molecule has 0 N–H and O–H groups in total. The molecule has 3 nitrogen and oxygen atoms in total. The molecular weight excluding hydrogens is 416 g/mol. The summed E-state index contributed by atoms with van der Waals surface area (Å²) in [5.41, 5.74) is 6.77. The number of furan rings is 1. The average molecular weight is 451 g/mol. The van der Waals surface area contributed by atoms with Crippen LogP contribution in [0.25, 0.3) is 49.2 Å². The van der Waals surface area contributed by atoms with Crippen molar-refractivity contribution >= 4 is 27.6 Å². The first kappa shape index (κ1) is 16.7. The van der Waals surface area contributed by atoms with Crippen LogP contribution in [0.2, 0.25) is 0 Å². The lowest BCUT2D eigenvalue weighted by Crippen LogP contribution is -2.37. The third-order valence-corrected chi connectivity index (χ3v) is 6.68. The number of hydrogen-bond donors (Lipinski definition) is 0. The summed E-state index contributed by atoms with van der Waals surface area (Å²) in [7, 11) is 1.79. The van der Waals surface area contributed by atoms with E-state index in [0.717, 1.165) is 27.5 Å². The topological polar surface area (TPSA) is 21.4 Å². The van der Waals surface area contributed by atoms with Gasteiger partial charge < -0.3 is 4.42 Å². The molecule has 0 aliphatic heterocycles. The van der Waals surface area contributed by atoms with Gasteiger partial charge in [-0.2, -0.15) is 4.57 Å². The molecule has 1 atom stereocenters. The van der Waals surface area contributed by atoms with Crippen molar-refractivity contribution in [2.45, 2.75) is 40.4 Å². The molecule has 5 rings (SSSR count). The summed E-state index contributed by atoms with van der Waals surface area (Å²) >= 11 is 0. The Hall–Kier alpha value is -3.90. The molecule has 0 bridgehead atoms. The number of rotatable bonds is 3. The van der Waals surface area contributed by atoms with Crippen LogP contribution >= 0.6 is 0 Å². The second-order valence-corrected chi connectivity index (χ2v) is 8.80. The molecule has 2 aromatic heterocycles. The van der Waals surface area contributed by atoms with Gasteiger partial charge in [0.15, 0.2) is 5.69 Å². The average Bonchev–Trinajstić information content (AvgIpc) is 3.26. The molecule has 0 amide bonds. The van der Waals surface area contributed by atoms with Crippen LogP contribution in [0, 0.1) is 27.3 Å². The van der Waals surface area contributed by atoms with E-state index in [1.807, 2.05) is 61.5 Å². The van der Waals surface area contributed by atoms with Gasteiger partial charge in [0.25, 0.3) is 0 Å². The van der Waals surface area contributed by atoms with Gasteiger partial charge in [-0.05, 0) is 42.0 Å². The van der Waals surface area contributed by atoms with Crippen LogP contribution in [0.3, 0.4) is 0 Å². The van der Waals surface area contributed by atoms with Gasteiger partial charge in [-0.25, -0.2) is 4.85 Å². The molecule has 3 aromatic carbocycles. The Labute approximate surface area is 208 Å². The molecule has 3 heteroatoms. The summed E-state index contributed by atoms with van der Waals surface area (Å²) in [5, 5.41) is 1.65. The predicted octanol–water partition coefficient (Wildman–Crippen LogP) is 8.34. The third kappa shape index (κ3) is 3.22. The molecule has 0 saturated carbocycles. The molecular formula is C31H29N2O+. The number of aromatic nitrogens is 1. The minimum Gasteiger partial charge on any atom is -0.466 e. The SMILES string of the molecule is [2H]c1c(C)c(C([2H])(C)C([2H])([2H])[2H])c(C)[n+](C)c1-c1c(C)ccc2c1oc1c([N+]#[C-])c(-c3ccccc3)ccc12. The van der Waals surface area contributed by atoms with E-state index < -0.39 is 12.7 Å². The van der Waals surface area contributed by atoms with E-state index in [9.17, 15) is 0 Å². The first-order valence-electron chi connectivity index (χ1n) is 13.7. The van der Waals surface area contributed by atoms with E-state index >= 15 is 0 Å². The van der Waals surface area contributed by atoms with Crippen LogP contribution in [0.5, 0.6) is 0 Å². The number of benzene rings is 3. The standard InChI is InChI=1S/C31H29N2O/c1-18(2)27-20(4)17-26(33(7)21(27)5)28-19(3)13-14-24-25-16-15-23(22-11-9-8-10-12-22)29(32-6)31(25)34-30(24)28/h8-18H,1-5,7H3/q+1/i1D3,17D,18D. The van der Waals surface area contributed by atoms with Crippen molar-refractivity contribution in [3.63, 3.8) is 0 Å². The Bertz CT molecular complexity index is 1800. The second-order valence-electron chi connectivity index (χ2n) is 8.80. The zero-order chi connectivity index (χ0) is 28.4. The fourth-order valence-electron chi connectivity index (χ4n) is 4.96. The van der Waals surface area contributed by atoms with Gasteiger partial charge in [0.05, 0.1) is 13.5 Å². The smallest absolute Gasteiger partial charge is 0.237 e. The van der Waals surface area contributed by atoms with Gasteiger partial charge in [-0.3, -0.25) is 0 Å². The molecule has 0 spiro atoms. The molecule has 0 fully saturated rings. The summed E-state index contributed by atoms with van der Waals surface area (Å²) in [6, 6.07) is 17.8. The van der Waals surface area contributed by atoms with E-state index in [0.29, 0.717) is 44.9 Å². The van der Waals surface area contributed by atoms with Crippen LogP contribution in [0.15, 0.2) is 65.1 Å². The van der Waals surface area contributed by atoms with Crippen LogP contribution in [0.1, 0.15) is 48.9 Å². The Morgan fingerprint density at radius 3 is 2.41 bits per heavy atom. The molecule has 0 aliphatic rings. The summed E-state index contributed by atoms with van der Waals surface area (Å²) < 4.78 is 50.1. The van der Waals surface area contributed by atoms with Gasteiger partial charge >= 0.3 is 0 Å². The Kier molecular flexibility index (Phi) is 4.00. The van der Waals surface area contributed by atoms with Gasteiger partial charge in [0.2, 0.25) is 11.4 Å². The zero-order valence-corrected chi connectivity index (χ0v) is 20.0. The lowest BCUT2D eigenvalue weighted by molar-refractivity contribution is -0.667. The highest BCUT2D eigenvalue weighted by molar-refractivity contribution is 6.14. The van der Waals surface area contributed by atoms with Gasteiger partial charge in [0.1, 0.15) is 18.2 Å². The maximum Gasteiger partial charge on any atom is 0.237 e. The Morgan fingerprint density at radius 2 is 1.71 bits per heavy atom. The monoisotopic (exact) mass is 450 g/mol. The second kappa shape index (κ2) is 8.15. The molecule has 1 unspecified atom stereocenters. The highest BCUT2D eigenvalue weighted by atomic mass is 16.3. The molecule has 168 valence electrons. The van der Waals surface area contributed by atoms with Crippen LogP contribution < -0.4 is 4.57 Å². The number of fused-ring (bicyclic) bond motifs is 3. The number of aryl methyl sites for hydroxylation is 1.